The average Bonchev–Trinajstić information content (AvgIpc) is 3.27. The van der Waals surface area contributed by atoms with Gasteiger partial charge in [0.1, 0.15) is 0 Å². The molecule has 0 bridgehead atoms. The van der Waals surface area contributed by atoms with Gasteiger partial charge in [0.05, 0.1) is 10.2 Å². The molecule has 1 amide bonds. The fourth-order valence-corrected chi connectivity index (χ4v) is 5.03. The van der Waals surface area contributed by atoms with E-state index >= 15 is 0 Å². The first kappa shape index (κ1) is 18.8. The van der Waals surface area contributed by atoms with Gasteiger partial charge in [-0.2, -0.15) is 0 Å². The van der Waals surface area contributed by atoms with E-state index < -0.39 is 0 Å². The van der Waals surface area contributed by atoms with E-state index in [2.05, 4.69) is 40.7 Å². The topological polar surface area (TPSA) is 36.4 Å². The van der Waals surface area contributed by atoms with Crippen molar-refractivity contribution >= 4 is 48.5 Å². The predicted molar refractivity (Wildman–Crippen MR) is 109 cm³/mol. The van der Waals surface area contributed by atoms with Crippen molar-refractivity contribution in [1.82, 2.24) is 9.88 Å². The quantitative estimate of drug-likeness (QED) is 0.633. The van der Waals surface area contributed by atoms with Gasteiger partial charge in [-0.25, -0.2) is 4.98 Å². The summed E-state index contributed by atoms with van der Waals surface area (Å²) in [4.78, 5) is 22.2. The zero-order chi connectivity index (χ0) is 17.8. The van der Waals surface area contributed by atoms with Crippen LogP contribution in [-0.2, 0) is 4.79 Å². The number of carbonyl (C=O) groups excluding carboxylic acids is 1. The molecule has 0 atom stereocenters. The van der Waals surface area contributed by atoms with Crippen molar-refractivity contribution in [2.45, 2.75) is 39.5 Å². The molecule has 1 aromatic carbocycles. The highest BCUT2D eigenvalue weighted by molar-refractivity contribution is 9.10. The van der Waals surface area contributed by atoms with Crippen LogP contribution in [0, 0.1) is 5.92 Å². The highest BCUT2D eigenvalue weighted by Crippen LogP contribution is 2.34. The molecule has 0 saturated heterocycles. The van der Waals surface area contributed by atoms with E-state index in [4.69, 9.17) is 4.98 Å². The number of thiazole rings is 1. The number of rotatable bonds is 7. The van der Waals surface area contributed by atoms with Gasteiger partial charge < -0.3 is 4.90 Å². The van der Waals surface area contributed by atoms with Gasteiger partial charge in [0.25, 0.3) is 0 Å². The average molecular weight is 424 g/mol. The molecule has 3 rings (SSSR count). The molecule has 1 heterocycles. The lowest BCUT2D eigenvalue weighted by atomic mass is 10.1. The molecular formula is C19H26BrN3OS. The number of benzene rings is 1. The molecule has 0 aliphatic heterocycles. The Balaban J connectivity index is 1.86. The molecule has 1 aromatic heterocycles. The van der Waals surface area contributed by atoms with E-state index in [9.17, 15) is 4.79 Å². The Hall–Kier alpha value is -0.980. The molecule has 136 valence electrons. The SMILES string of the molecule is CCN(CC)CCN(C(=O)C1CCCC1)c1nc2ccc(Br)cc2s1. The summed E-state index contributed by atoms with van der Waals surface area (Å²) >= 11 is 5.14. The maximum Gasteiger partial charge on any atom is 0.231 e. The standard InChI is InChI=1S/C19H26BrN3OS/c1-3-22(4-2)11-12-23(18(24)14-7-5-6-8-14)19-21-16-10-9-15(20)13-17(16)25-19/h9-10,13-14H,3-8,11-12H2,1-2H3. The fraction of sp³-hybridized carbons (Fsp3) is 0.579. The van der Waals surface area contributed by atoms with E-state index in [1.165, 1.54) is 12.8 Å². The third-order valence-corrected chi connectivity index (χ3v) is 6.61. The van der Waals surface area contributed by atoms with Crippen LogP contribution in [0.25, 0.3) is 10.2 Å². The third-order valence-electron chi connectivity index (χ3n) is 5.07. The maximum atomic E-state index is 13.1. The van der Waals surface area contributed by atoms with E-state index in [1.54, 1.807) is 11.3 Å². The van der Waals surface area contributed by atoms with Crippen LogP contribution in [0.4, 0.5) is 5.13 Å². The lowest BCUT2D eigenvalue weighted by Gasteiger charge is -2.26. The first-order valence-corrected chi connectivity index (χ1v) is 10.8. The lowest BCUT2D eigenvalue weighted by Crippen LogP contribution is -2.41. The van der Waals surface area contributed by atoms with E-state index in [-0.39, 0.29) is 11.8 Å². The number of anilines is 1. The summed E-state index contributed by atoms with van der Waals surface area (Å²) in [5.41, 5.74) is 0.968. The number of hydrogen-bond acceptors (Lipinski definition) is 4. The fourth-order valence-electron chi connectivity index (χ4n) is 3.48. The number of halogens is 1. The van der Waals surface area contributed by atoms with Gasteiger partial charge in [-0.3, -0.25) is 9.69 Å². The molecule has 2 aromatic rings. The van der Waals surface area contributed by atoms with Crippen molar-refractivity contribution in [1.29, 1.82) is 0 Å². The molecule has 0 spiro atoms. The zero-order valence-electron chi connectivity index (χ0n) is 15.0. The Morgan fingerprint density at radius 3 is 2.64 bits per heavy atom. The van der Waals surface area contributed by atoms with Crippen molar-refractivity contribution in [3.8, 4) is 0 Å². The van der Waals surface area contributed by atoms with Crippen molar-refractivity contribution in [2.24, 2.45) is 5.92 Å². The third kappa shape index (κ3) is 4.41. The van der Waals surface area contributed by atoms with Crippen LogP contribution < -0.4 is 4.90 Å². The van der Waals surface area contributed by atoms with Gasteiger partial charge in [0.15, 0.2) is 5.13 Å². The highest BCUT2D eigenvalue weighted by Gasteiger charge is 2.29. The monoisotopic (exact) mass is 423 g/mol. The van der Waals surface area contributed by atoms with Gasteiger partial charge in [0, 0.05) is 23.5 Å². The summed E-state index contributed by atoms with van der Waals surface area (Å²) < 4.78 is 2.17. The Kier molecular flexibility index (Phi) is 6.47. The smallest absolute Gasteiger partial charge is 0.231 e. The second-order valence-corrected chi connectivity index (χ2v) is 8.53. The number of amides is 1. The van der Waals surface area contributed by atoms with Crippen molar-refractivity contribution in [3.05, 3.63) is 22.7 Å². The molecule has 25 heavy (non-hydrogen) atoms. The van der Waals surface area contributed by atoms with Crippen LogP contribution in [0.2, 0.25) is 0 Å². The summed E-state index contributed by atoms with van der Waals surface area (Å²) in [6, 6.07) is 6.10. The summed E-state index contributed by atoms with van der Waals surface area (Å²) in [6.07, 6.45) is 4.40. The number of hydrogen-bond donors (Lipinski definition) is 0. The molecule has 0 unspecified atom stereocenters. The maximum absolute atomic E-state index is 13.1. The molecule has 4 nitrogen and oxygen atoms in total. The summed E-state index contributed by atoms with van der Waals surface area (Å²) in [5, 5.41) is 0.845. The van der Waals surface area contributed by atoms with Crippen molar-refractivity contribution < 1.29 is 4.79 Å². The van der Waals surface area contributed by atoms with Crippen LogP contribution in [0.1, 0.15) is 39.5 Å². The minimum atomic E-state index is 0.176. The van der Waals surface area contributed by atoms with E-state index in [1.807, 2.05) is 17.0 Å². The lowest BCUT2D eigenvalue weighted by molar-refractivity contribution is -0.122. The Labute approximate surface area is 162 Å². The van der Waals surface area contributed by atoms with Crippen LogP contribution in [0.5, 0.6) is 0 Å². The second-order valence-electron chi connectivity index (χ2n) is 6.61. The van der Waals surface area contributed by atoms with Crippen LogP contribution in [0.15, 0.2) is 22.7 Å². The number of fused-ring (bicyclic) bond motifs is 1. The first-order valence-electron chi connectivity index (χ1n) is 9.22. The molecule has 0 radical (unpaired) electrons. The zero-order valence-corrected chi connectivity index (χ0v) is 17.4. The molecule has 1 aliphatic rings. The normalized spacial score (nSPS) is 15.4. The van der Waals surface area contributed by atoms with E-state index in [0.717, 1.165) is 58.8 Å². The van der Waals surface area contributed by atoms with Crippen LogP contribution >= 0.6 is 27.3 Å². The van der Waals surface area contributed by atoms with Crippen LogP contribution in [-0.4, -0.2) is 42.0 Å². The van der Waals surface area contributed by atoms with Crippen molar-refractivity contribution in [2.75, 3.05) is 31.1 Å². The molecule has 1 saturated carbocycles. The molecule has 6 heteroatoms. The van der Waals surface area contributed by atoms with Gasteiger partial charge in [-0.05, 0) is 44.1 Å². The van der Waals surface area contributed by atoms with Gasteiger partial charge in [0.2, 0.25) is 5.91 Å². The number of nitrogens with zero attached hydrogens (tertiary/aromatic N) is 3. The Bertz CT molecular complexity index is 723. The summed E-state index contributed by atoms with van der Waals surface area (Å²) in [6.45, 7) is 7.97. The minimum absolute atomic E-state index is 0.176. The molecular weight excluding hydrogens is 398 g/mol. The van der Waals surface area contributed by atoms with E-state index in [0.29, 0.717) is 0 Å². The molecule has 1 aliphatic carbocycles. The largest absolute Gasteiger partial charge is 0.302 e. The number of likely N-dealkylation sites (N-methyl/N-ethyl adjacent to an activating group) is 1. The number of aromatic nitrogens is 1. The molecule has 0 N–H and O–H groups in total. The van der Waals surface area contributed by atoms with Gasteiger partial charge >= 0.3 is 0 Å². The number of carbonyl (C=O) groups is 1. The van der Waals surface area contributed by atoms with Gasteiger partial charge in [-0.15, -0.1) is 0 Å². The highest BCUT2D eigenvalue weighted by atomic mass is 79.9. The van der Waals surface area contributed by atoms with Crippen molar-refractivity contribution in [3.63, 3.8) is 0 Å². The summed E-state index contributed by atoms with van der Waals surface area (Å²) in [5.74, 6) is 0.443. The minimum Gasteiger partial charge on any atom is -0.302 e. The summed E-state index contributed by atoms with van der Waals surface area (Å²) in [7, 11) is 0. The first-order chi connectivity index (χ1) is 12.1. The predicted octanol–water partition coefficient (Wildman–Crippen LogP) is 4.92. The molecule has 1 fully saturated rings. The second kappa shape index (κ2) is 8.60. The Morgan fingerprint density at radius 1 is 1.24 bits per heavy atom. The Morgan fingerprint density at radius 2 is 1.96 bits per heavy atom. The van der Waals surface area contributed by atoms with Crippen LogP contribution in [0.3, 0.4) is 0 Å². The van der Waals surface area contributed by atoms with Gasteiger partial charge in [-0.1, -0.05) is 54.0 Å².